The second-order valence-corrected chi connectivity index (χ2v) is 6.65. The molecular formula is C20H29N3O3. The Kier molecular flexibility index (Phi) is 7.78. The van der Waals surface area contributed by atoms with Gasteiger partial charge in [0.25, 0.3) is 0 Å². The van der Waals surface area contributed by atoms with Crippen molar-refractivity contribution in [2.45, 2.75) is 33.1 Å². The van der Waals surface area contributed by atoms with Gasteiger partial charge in [0.15, 0.2) is 5.78 Å². The van der Waals surface area contributed by atoms with Gasteiger partial charge in [-0.25, -0.2) is 0 Å². The van der Waals surface area contributed by atoms with E-state index in [0.717, 1.165) is 38.3 Å². The van der Waals surface area contributed by atoms with Crippen LogP contribution in [0.1, 0.15) is 42.1 Å². The molecule has 0 unspecified atom stereocenters. The minimum Gasteiger partial charge on any atom is -0.356 e. The fraction of sp³-hybridized carbons (Fsp3) is 0.550. The van der Waals surface area contributed by atoms with Crippen LogP contribution in [0.25, 0.3) is 0 Å². The number of nitrogens with zero attached hydrogens (tertiary/aromatic N) is 2. The summed E-state index contributed by atoms with van der Waals surface area (Å²) in [4.78, 5) is 40.4. The van der Waals surface area contributed by atoms with E-state index in [2.05, 4.69) is 17.1 Å². The minimum absolute atomic E-state index is 0.0249. The fourth-order valence-corrected chi connectivity index (χ4v) is 3.12. The van der Waals surface area contributed by atoms with E-state index in [4.69, 9.17) is 0 Å². The summed E-state index contributed by atoms with van der Waals surface area (Å²) in [5.74, 6) is -0.129. The number of carbonyl (C=O) groups excluding carboxylic acids is 3. The molecule has 1 heterocycles. The molecule has 2 amide bonds. The molecule has 1 fully saturated rings. The molecule has 1 aliphatic heterocycles. The molecule has 0 aromatic heterocycles. The van der Waals surface area contributed by atoms with Gasteiger partial charge in [-0.2, -0.15) is 0 Å². The van der Waals surface area contributed by atoms with Gasteiger partial charge in [-0.15, -0.1) is 0 Å². The van der Waals surface area contributed by atoms with E-state index in [-0.39, 0.29) is 30.4 Å². The van der Waals surface area contributed by atoms with E-state index in [1.54, 1.807) is 6.07 Å². The first-order chi connectivity index (χ1) is 12.5. The average Bonchev–Trinajstić information content (AvgIpc) is 2.66. The molecule has 1 aromatic carbocycles. The van der Waals surface area contributed by atoms with Gasteiger partial charge in [-0.05, 0) is 19.0 Å². The summed E-state index contributed by atoms with van der Waals surface area (Å²) in [5, 5.41) is 2.74. The second-order valence-electron chi connectivity index (χ2n) is 6.65. The van der Waals surface area contributed by atoms with Crippen molar-refractivity contribution in [1.82, 2.24) is 15.1 Å². The van der Waals surface area contributed by atoms with Crippen LogP contribution in [0.4, 0.5) is 0 Å². The molecule has 1 aliphatic rings. The van der Waals surface area contributed by atoms with Crippen LogP contribution >= 0.6 is 0 Å². The van der Waals surface area contributed by atoms with E-state index < -0.39 is 0 Å². The van der Waals surface area contributed by atoms with Crippen LogP contribution in [0.5, 0.6) is 0 Å². The Morgan fingerprint density at radius 1 is 1.00 bits per heavy atom. The smallest absolute Gasteiger partial charge is 0.224 e. The Hall–Kier alpha value is -2.21. The Morgan fingerprint density at radius 2 is 1.69 bits per heavy atom. The monoisotopic (exact) mass is 359 g/mol. The van der Waals surface area contributed by atoms with Crippen LogP contribution in [0, 0.1) is 6.92 Å². The van der Waals surface area contributed by atoms with Crippen molar-refractivity contribution in [3.63, 3.8) is 0 Å². The normalized spacial score (nSPS) is 14.9. The Bertz CT molecular complexity index is 637. The summed E-state index contributed by atoms with van der Waals surface area (Å²) in [5.41, 5.74) is 1.59. The summed E-state index contributed by atoms with van der Waals surface area (Å²) >= 11 is 0. The molecule has 0 saturated carbocycles. The number of Topliss-reactive ketones (excluding diaryl/α,β-unsaturated/α-hetero) is 1. The highest BCUT2D eigenvalue weighted by Crippen LogP contribution is 2.11. The molecule has 0 aliphatic carbocycles. The SMILES string of the molecule is CCN1CCN(C(=O)CCNC(=O)CCC(=O)c2ccccc2C)CC1. The number of hydrogen-bond donors (Lipinski definition) is 1. The Labute approximate surface area is 155 Å². The van der Waals surface area contributed by atoms with Crippen molar-refractivity contribution in [3.8, 4) is 0 Å². The summed E-state index contributed by atoms with van der Waals surface area (Å²) in [6.07, 6.45) is 0.643. The Morgan fingerprint density at radius 3 is 2.35 bits per heavy atom. The van der Waals surface area contributed by atoms with Gasteiger partial charge in [-0.1, -0.05) is 31.2 Å². The standard InChI is InChI=1S/C20H29N3O3/c1-3-22-12-14-23(15-13-22)20(26)10-11-21-19(25)9-8-18(24)17-7-5-4-6-16(17)2/h4-7H,3,8-15H2,1-2H3,(H,21,25). The first-order valence-electron chi connectivity index (χ1n) is 9.37. The molecule has 0 radical (unpaired) electrons. The number of carbonyl (C=O) groups is 3. The molecule has 0 spiro atoms. The summed E-state index contributed by atoms with van der Waals surface area (Å²) in [6.45, 7) is 8.68. The molecular weight excluding hydrogens is 330 g/mol. The summed E-state index contributed by atoms with van der Waals surface area (Å²) in [7, 11) is 0. The average molecular weight is 359 g/mol. The van der Waals surface area contributed by atoms with Crippen LogP contribution in [0.15, 0.2) is 24.3 Å². The molecule has 1 aromatic rings. The topological polar surface area (TPSA) is 69.7 Å². The lowest BCUT2D eigenvalue weighted by atomic mass is 10.0. The molecule has 0 bridgehead atoms. The van der Waals surface area contributed by atoms with Crippen LogP contribution in [-0.4, -0.2) is 66.7 Å². The molecule has 0 atom stereocenters. The maximum absolute atomic E-state index is 12.2. The van der Waals surface area contributed by atoms with Crippen LogP contribution in [0.2, 0.25) is 0 Å². The number of aryl methyl sites for hydroxylation is 1. The minimum atomic E-state index is -0.185. The highest BCUT2D eigenvalue weighted by molar-refractivity contribution is 5.99. The third kappa shape index (κ3) is 5.95. The van der Waals surface area contributed by atoms with E-state index in [0.29, 0.717) is 18.5 Å². The zero-order valence-electron chi connectivity index (χ0n) is 15.8. The maximum atomic E-state index is 12.2. The van der Waals surface area contributed by atoms with Gasteiger partial charge < -0.3 is 15.1 Å². The number of nitrogens with one attached hydrogen (secondary N) is 1. The van der Waals surface area contributed by atoms with Crippen LogP contribution in [-0.2, 0) is 9.59 Å². The third-order valence-electron chi connectivity index (χ3n) is 4.86. The number of rotatable bonds is 8. The van der Waals surface area contributed by atoms with Crippen molar-refractivity contribution in [2.24, 2.45) is 0 Å². The second kappa shape index (κ2) is 10.1. The van der Waals surface area contributed by atoms with E-state index >= 15 is 0 Å². The zero-order chi connectivity index (χ0) is 18.9. The number of benzene rings is 1. The number of ketones is 1. The molecule has 1 saturated heterocycles. The van der Waals surface area contributed by atoms with Crippen molar-refractivity contribution < 1.29 is 14.4 Å². The predicted octanol–water partition coefficient (Wildman–Crippen LogP) is 1.63. The number of hydrogen-bond acceptors (Lipinski definition) is 4. The predicted molar refractivity (Wildman–Crippen MR) is 101 cm³/mol. The number of likely N-dealkylation sites (N-methyl/N-ethyl adjacent to an activating group) is 1. The lowest BCUT2D eigenvalue weighted by Gasteiger charge is -2.34. The molecule has 142 valence electrons. The summed E-state index contributed by atoms with van der Waals surface area (Å²) in [6, 6.07) is 7.38. The lowest BCUT2D eigenvalue weighted by molar-refractivity contribution is -0.132. The highest BCUT2D eigenvalue weighted by Gasteiger charge is 2.19. The molecule has 2 rings (SSSR count). The largest absolute Gasteiger partial charge is 0.356 e. The van der Waals surface area contributed by atoms with Gasteiger partial charge in [0.05, 0.1) is 0 Å². The summed E-state index contributed by atoms with van der Waals surface area (Å²) < 4.78 is 0. The third-order valence-corrected chi connectivity index (χ3v) is 4.86. The van der Waals surface area contributed by atoms with E-state index in [1.807, 2.05) is 30.0 Å². The van der Waals surface area contributed by atoms with Crippen molar-refractivity contribution >= 4 is 17.6 Å². The van der Waals surface area contributed by atoms with Gasteiger partial charge in [0.1, 0.15) is 0 Å². The highest BCUT2D eigenvalue weighted by atomic mass is 16.2. The maximum Gasteiger partial charge on any atom is 0.224 e. The van der Waals surface area contributed by atoms with Crippen molar-refractivity contribution in [2.75, 3.05) is 39.3 Å². The fourth-order valence-electron chi connectivity index (χ4n) is 3.12. The Balaban J connectivity index is 1.64. The van der Waals surface area contributed by atoms with Crippen molar-refractivity contribution in [1.29, 1.82) is 0 Å². The number of piperazine rings is 1. The van der Waals surface area contributed by atoms with Gasteiger partial charge >= 0.3 is 0 Å². The molecule has 6 heteroatoms. The first-order valence-corrected chi connectivity index (χ1v) is 9.37. The molecule has 26 heavy (non-hydrogen) atoms. The van der Waals surface area contributed by atoms with Crippen LogP contribution in [0.3, 0.4) is 0 Å². The van der Waals surface area contributed by atoms with Crippen molar-refractivity contribution in [3.05, 3.63) is 35.4 Å². The molecule has 1 N–H and O–H groups in total. The van der Waals surface area contributed by atoms with Crippen LogP contribution < -0.4 is 5.32 Å². The van der Waals surface area contributed by atoms with Gasteiger partial charge in [0.2, 0.25) is 11.8 Å². The molecule has 6 nitrogen and oxygen atoms in total. The van der Waals surface area contributed by atoms with E-state index in [1.165, 1.54) is 0 Å². The zero-order valence-corrected chi connectivity index (χ0v) is 15.8. The quantitative estimate of drug-likeness (QED) is 0.716. The van der Waals surface area contributed by atoms with Gasteiger partial charge in [0, 0.05) is 57.5 Å². The van der Waals surface area contributed by atoms with Gasteiger partial charge in [-0.3, -0.25) is 14.4 Å². The number of amides is 2. The lowest BCUT2D eigenvalue weighted by Crippen LogP contribution is -2.49. The van der Waals surface area contributed by atoms with E-state index in [9.17, 15) is 14.4 Å². The first kappa shape index (κ1) is 20.1.